The number of anilines is 2. The van der Waals surface area contributed by atoms with Crippen molar-refractivity contribution in [2.24, 2.45) is 0 Å². The number of aromatic nitrogens is 2. The van der Waals surface area contributed by atoms with Crippen LogP contribution in [0.1, 0.15) is 0 Å². The van der Waals surface area contributed by atoms with Gasteiger partial charge in [-0.25, -0.2) is 0 Å². The van der Waals surface area contributed by atoms with E-state index in [2.05, 4.69) is 9.97 Å². The average molecular weight is 286 g/mol. The molecule has 0 fully saturated rings. The van der Waals surface area contributed by atoms with E-state index in [1.165, 1.54) is 0 Å². The predicted molar refractivity (Wildman–Crippen MR) is 91.3 cm³/mol. The lowest BCUT2D eigenvalue weighted by atomic mass is 10.0. The van der Waals surface area contributed by atoms with Gasteiger partial charge in [0.25, 0.3) is 0 Å². The summed E-state index contributed by atoms with van der Waals surface area (Å²) in [7, 11) is 0. The molecule has 4 rings (SSSR count). The first-order valence-electron chi connectivity index (χ1n) is 7.01. The van der Waals surface area contributed by atoms with Gasteiger partial charge >= 0.3 is 0 Å². The lowest BCUT2D eigenvalue weighted by Gasteiger charge is -2.08. The Labute approximate surface area is 127 Å². The van der Waals surface area contributed by atoms with Crippen LogP contribution >= 0.6 is 0 Å². The summed E-state index contributed by atoms with van der Waals surface area (Å²) in [5, 5.41) is 1.92. The van der Waals surface area contributed by atoms with E-state index in [4.69, 9.17) is 11.5 Å². The Balaban J connectivity index is 1.95. The van der Waals surface area contributed by atoms with Gasteiger partial charge in [-0.3, -0.25) is 9.97 Å². The number of pyridine rings is 2. The van der Waals surface area contributed by atoms with Crippen LogP contribution in [0.4, 0.5) is 11.4 Å². The van der Waals surface area contributed by atoms with Crippen LogP contribution in [-0.2, 0) is 0 Å². The molecule has 0 saturated carbocycles. The highest BCUT2D eigenvalue weighted by Gasteiger charge is 2.06. The van der Waals surface area contributed by atoms with Crippen LogP contribution < -0.4 is 11.5 Å². The fraction of sp³-hybridized carbons (Fsp3) is 0. The summed E-state index contributed by atoms with van der Waals surface area (Å²) in [5.74, 6) is 0. The first kappa shape index (κ1) is 12.6. The lowest BCUT2D eigenvalue weighted by Crippen LogP contribution is -1.92. The fourth-order valence-electron chi connectivity index (χ4n) is 2.73. The van der Waals surface area contributed by atoms with Crippen molar-refractivity contribution in [2.75, 3.05) is 11.5 Å². The molecule has 4 aromatic rings. The summed E-state index contributed by atoms with van der Waals surface area (Å²) in [4.78, 5) is 8.78. The molecule has 0 spiro atoms. The standard InChI is InChI=1S/C18H14N4/c19-15-5-7-22-17-9-11(3-4-14(15)17)12-8-16(20)13-2-1-6-21-18(13)10-12/h1-10H,20H2,(H2,19,22). The Morgan fingerprint density at radius 3 is 2.23 bits per heavy atom. The van der Waals surface area contributed by atoms with Gasteiger partial charge in [0.05, 0.1) is 11.0 Å². The molecular weight excluding hydrogens is 272 g/mol. The summed E-state index contributed by atoms with van der Waals surface area (Å²) in [6, 6.07) is 15.7. The van der Waals surface area contributed by atoms with Crippen molar-refractivity contribution in [3.63, 3.8) is 0 Å². The fourth-order valence-corrected chi connectivity index (χ4v) is 2.73. The third-order valence-corrected chi connectivity index (χ3v) is 3.86. The maximum absolute atomic E-state index is 6.16. The molecule has 0 amide bonds. The zero-order valence-corrected chi connectivity index (χ0v) is 11.8. The van der Waals surface area contributed by atoms with Crippen LogP contribution in [0.25, 0.3) is 32.9 Å². The Morgan fingerprint density at radius 1 is 0.636 bits per heavy atom. The smallest absolute Gasteiger partial charge is 0.0728 e. The van der Waals surface area contributed by atoms with Crippen LogP contribution in [-0.4, -0.2) is 9.97 Å². The van der Waals surface area contributed by atoms with Crippen LogP contribution in [0.5, 0.6) is 0 Å². The second-order valence-corrected chi connectivity index (χ2v) is 5.27. The molecule has 106 valence electrons. The van der Waals surface area contributed by atoms with Gasteiger partial charge in [0, 0.05) is 34.5 Å². The molecule has 0 atom stereocenters. The van der Waals surface area contributed by atoms with Crippen molar-refractivity contribution < 1.29 is 0 Å². The minimum Gasteiger partial charge on any atom is -0.398 e. The summed E-state index contributed by atoms with van der Waals surface area (Å²) in [6.45, 7) is 0. The quantitative estimate of drug-likeness (QED) is 0.524. The van der Waals surface area contributed by atoms with E-state index in [1.807, 2.05) is 42.5 Å². The molecule has 4 heteroatoms. The molecular formula is C18H14N4. The van der Waals surface area contributed by atoms with Gasteiger partial charge in [0.1, 0.15) is 0 Å². The Hall–Kier alpha value is -3.14. The van der Waals surface area contributed by atoms with Crippen molar-refractivity contribution in [2.45, 2.75) is 0 Å². The topological polar surface area (TPSA) is 77.8 Å². The van der Waals surface area contributed by atoms with Crippen LogP contribution in [0.3, 0.4) is 0 Å². The van der Waals surface area contributed by atoms with Gasteiger partial charge in [0.15, 0.2) is 0 Å². The third kappa shape index (κ3) is 1.93. The summed E-state index contributed by atoms with van der Waals surface area (Å²) < 4.78 is 0. The second kappa shape index (κ2) is 4.70. The zero-order chi connectivity index (χ0) is 15.1. The van der Waals surface area contributed by atoms with Crippen LogP contribution in [0.2, 0.25) is 0 Å². The molecule has 0 bridgehead atoms. The number of benzene rings is 2. The Morgan fingerprint density at radius 2 is 1.36 bits per heavy atom. The normalized spacial score (nSPS) is 11.1. The van der Waals surface area contributed by atoms with Crippen molar-refractivity contribution in [1.29, 1.82) is 0 Å². The van der Waals surface area contributed by atoms with Crippen LogP contribution in [0, 0.1) is 0 Å². The summed E-state index contributed by atoms with van der Waals surface area (Å²) in [6.07, 6.45) is 3.49. The molecule has 2 aromatic heterocycles. The highest BCUT2D eigenvalue weighted by Crippen LogP contribution is 2.30. The maximum atomic E-state index is 6.16. The van der Waals surface area contributed by atoms with E-state index >= 15 is 0 Å². The average Bonchev–Trinajstić information content (AvgIpc) is 2.55. The second-order valence-electron chi connectivity index (χ2n) is 5.27. The molecule has 4 N–H and O–H groups in total. The molecule has 2 heterocycles. The molecule has 4 nitrogen and oxygen atoms in total. The minimum atomic E-state index is 0.723. The molecule has 0 aliphatic rings. The van der Waals surface area contributed by atoms with E-state index in [-0.39, 0.29) is 0 Å². The van der Waals surface area contributed by atoms with E-state index in [0.717, 1.165) is 44.3 Å². The lowest BCUT2D eigenvalue weighted by molar-refractivity contribution is 1.40. The van der Waals surface area contributed by atoms with E-state index < -0.39 is 0 Å². The number of hydrogen-bond acceptors (Lipinski definition) is 4. The minimum absolute atomic E-state index is 0.723. The van der Waals surface area contributed by atoms with Crippen molar-refractivity contribution in [3.8, 4) is 11.1 Å². The number of fused-ring (bicyclic) bond motifs is 2. The highest BCUT2D eigenvalue weighted by molar-refractivity contribution is 5.97. The monoisotopic (exact) mass is 286 g/mol. The first-order chi connectivity index (χ1) is 10.7. The van der Waals surface area contributed by atoms with Crippen LogP contribution in [0.15, 0.2) is 60.9 Å². The molecule has 0 aliphatic carbocycles. The Kier molecular flexibility index (Phi) is 2.69. The predicted octanol–water partition coefficient (Wildman–Crippen LogP) is 3.61. The van der Waals surface area contributed by atoms with Gasteiger partial charge in [-0.05, 0) is 47.5 Å². The number of rotatable bonds is 1. The van der Waals surface area contributed by atoms with Gasteiger partial charge in [-0.1, -0.05) is 12.1 Å². The van der Waals surface area contributed by atoms with Gasteiger partial charge in [-0.2, -0.15) is 0 Å². The maximum Gasteiger partial charge on any atom is 0.0728 e. The number of nitrogens with two attached hydrogens (primary N) is 2. The molecule has 22 heavy (non-hydrogen) atoms. The molecule has 0 aliphatic heterocycles. The number of nitrogen functional groups attached to an aromatic ring is 2. The number of nitrogens with zero attached hydrogens (tertiary/aromatic N) is 2. The summed E-state index contributed by atoms with van der Waals surface area (Å²) >= 11 is 0. The molecule has 2 aromatic carbocycles. The number of hydrogen-bond donors (Lipinski definition) is 2. The SMILES string of the molecule is Nc1ccnc2cc(-c3cc(N)c4cccnc4c3)ccc12. The molecule has 0 saturated heterocycles. The zero-order valence-electron chi connectivity index (χ0n) is 11.8. The first-order valence-corrected chi connectivity index (χ1v) is 7.01. The van der Waals surface area contributed by atoms with E-state index in [0.29, 0.717) is 0 Å². The van der Waals surface area contributed by atoms with E-state index in [1.54, 1.807) is 18.5 Å². The van der Waals surface area contributed by atoms with Crippen molar-refractivity contribution >= 4 is 33.2 Å². The van der Waals surface area contributed by atoms with Gasteiger partial charge in [-0.15, -0.1) is 0 Å². The third-order valence-electron chi connectivity index (χ3n) is 3.86. The summed E-state index contributed by atoms with van der Waals surface area (Å²) in [5.41, 5.74) is 17.4. The van der Waals surface area contributed by atoms with Crippen molar-refractivity contribution in [3.05, 3.63) is 60.9 Å². The largest absolute Gasteiger partial charge is 0.398 e. The molecule has 0 radical (unpaired) electrons. The van der Waals surface area contributed by atoms with Gasteiger partial charge in [0.2, 0.25) is 0 Å². The Bertz CT molecular complexity index is 1010. The van der Waals surface area contributed by atoms with Crippen molar-refractivity contribution in [1.82, 2.24) is 9.97 Å². The van der Waals surface area contributed by atoms with E-state index in [9.17, 15) is 0 Å². The van der Waals surface area contributed by atoms with Gasteiger partial charge < -0.3 is 11.5 Å². The molecule has 0 unspecified atom stereocenters. The highest BCUT2D eigenvalue weighted by atomic mass is 14.7.